The van der Waals surface area contributed by atoms with E-state index in [0.29, 0.717) is 0 Å². The molecule has 4 aromatic carbocycles. The van der Waals surface area contributed by atoms with Gasteiger partial charge in [0.25, 0.3) is 0 Å². The molecule has 4 nitrogen and oxygen atoms in total. The van der Waals surface area contributed by atoms with Crippen molar-refractivity contribution in [3.63, 3.8) is 0 Å². The SMILES string of the molecule is Oc1ccc(CCc2cccc(Oc3ccc(CCc4ccc(O)c(O)c4)cc3)c2)cc1. The van der Waals surface area contributed by atoms with Crippen LogP contribution in [0.3, 0.4) is 0 Å². The Morgan fingerprint density at radius 3 is 1.69 bits per heavy atom. The minimum absolute atomic E-state index is 0.0865. The van der Waals surface area contributed by atoms with Gasteiger partial charge in [-0.1, -0.05) is 42.5 Å². The summed E-state index contributed by atoms with van der Waals surface area (Å²) in [5, 5.41) is 28.4. The van der Waals surface area contributed by atoms with E-state index >= 15 is 0 Å². The molecule has 0 radical (unpaired) electrons. The summed E-state index contributed by atoms with van der Waals surface area (Å²) in [7, 11) is 0. The van der Waals surface area contributed by atoms with Gasteiger partial charge in [0.2, 0.25) is 0 Å². The van der Waals surface area contributed by atoms with E-state index in [1.165, 1.54) is 22.8 Å². The third kappa shape index (κ3) is 5.82. The summed E-state index contributed by atoms with van der Waals surface area (Å²) in [5.41, 5.74) is 4.54. The zero-order chi connectivity index (χ0) is 22.3. The molecule has 0 saturated carbocycles. The van der Waals surface area contributed by atoms with E-state index < -0.39 is 0 Å². The van der Waals surface area contributed by atoms with Crippen LogP contribution in [0.5, 0.6) is 28.7 Å². The molecule has 3 N–H and O–H groups in total. The predicted octanol–water partition coefficient (Wildman–Crippen LogP) is 6.17. The van der Waals surface area contributed by atoms with Crippen LogP contribution >= 0.6 is 0 Å². The van der Waals surface area contributed by atoms with E-state index in [2.05, 4.69) is 12.1 Å². The molecule has 0 bridgehead atoms. The Labute approximate surface area is 188 Å². The zero-order valence-corrected chi connectivity index (χ0v) is 17.7. The lowest BCUT2D eigenvalue weighted by Gasteiger charge is -2.09. The Kier molecular flexibility index (Phi) is 6.61. The first-order valence-electron chi connectivity index (χ1n) is 10.7. The van der Waals surface area contributed by atoms with Crippen molar-refractivity contribution in [2.24, 2.45) is 0 Å². The van der Waals surface area contributed by atoms with Gasteiger partial charge in [-0.25, -0.2) is 0 Å². The fourth-order valence-electron chi connectivity index (χ4n) is 3.59. The van der Waals surface area contributed by atoms with Gasteiger partial charge in [-0.2, -0.15) is 0 Å². The Hall–Kier alpha value is -3.92. The van der Waals surface area contributed by atoms with Crippen LogP contribution in [0.1, 0.15) is 22.3 Å². The van der Waals surface area contributed by atoms with Gasteiger partial charge in [-0.15, -0.1) is 0 Å². The number of rotatable bonds is 8. The molecule has 32 heavy (non-hydrogen) atoms. The first kappa shape index (κ1) is 21.3. The lowest BCUT2D eigenvalue weighted by atomic mass is 10.0. The van der Waals surface area contributed by atoms with Gasteiger partial charge < -0.3 is 20.1 Å². The number of aryl methyl sites for hydroxylation is 4. The third-order valence-electron chi connectivity index (χ3n) is 5.44. The standard InChI is InChI=1S/C28H26O4/c29-24-13-8-20(9-14-24)4-6-22-2-1-3-26(18-22)32-25-15-10-21(11-16-25)5-7-23-12-17-27(30)28(31)19-23/h1-3,8-19,29-31H,4-7H2. The maximum atomic E-state index is 9.62. The van der Waals surface area contributed by atoms with Crippen molar-refractivity contribution in [1.82, 2.24) is 0 Å². The summed E-state index contributed by atoms with van der Waals surface area (Å²) in [5.74, 6) is 1.69. The quantitative estimate of drug-likeness (QED) is 0.295. The first-order valence-corrected chi connectivity index (χ1v) is 10.7. The second kappa shape index (κ2) is 9.92. The van der Waals surface area contributed by atoms with E-state index in [4.69, 9.17) is 4.74 Å². The Balaban J connectivity index is 1.32. The van der Waals surface area contributed by atoms with Crippen molar-refractivity contribution in [2.75, 3.05) is 0 Å². The highest BCUT2D eigenvalue weighted by Gasteiger charge is 2.04. The lowest BCUT2D eigenvalue weighted by molar-refractivity contribution is 0.403. The van der Waals surface area contributed by atoms with Gasteiger partial charge in [-0.05, 0) is 96.5 Å². The van der Waals surface area contributed by atoms with E-state index in [9.17, 15) is 15.3 Å². The number of aromatic hydroxyl groups is 3. The average molecular weight is 427 g/mol. The largest absolute Gasteiger partial charge is 0.508 e. The average Bonchev–Trinajstić information content (AvgIpc) is 2.81. The van der Waals surface area contributed by atoms with Crippen molar-refractivity contribution >= 4 is 0 Å². The smallest absolute Gasteiger partial charge is 0.157 e. The van der Waals surface area contributed by atoms with Gasteiger partial charge in [0.05, 0.1) is 0 Å². The van der Waals surface area contributed by atoms with Crippen LogP contribution in [-0.4, -0.2) is 15.3 Å². The summed E-state index contributed by atoms with van der Waals surface area (Å²) in [6.07, 6.45) is 3.40. The molecule has 0 saturated heterocycles. The van der Waals surface area contributed by atoms with Gasteiger partial charge in [0.15, 0.2) is 11.5 Å². The van der Waals surface area contributed by atoms with Crippen LogP contribution in [0.15, 0.2) is 91.0 Å². The number of hydrogen-bond acceptors (Lipinski definition) is 4. The van der Waals surface area contributed by atoms with Crippen LogP contribution < -0.4 is 4.74 Å². The van der Waals surface area contributed by atoms with E-state index in [0.717, 1.165) is 42.7 Å². The van der Waals surface area contributed by atoms with Crippen LogP contribution in [0.2, 0.25) is 0 Å². The molecule has 0 amide bonds. The van der Waals surface area contributed by atoms with Gasteiger partial charge >= 0.3 is 0 Å². The second-order valence-electron chi connectivity index (χ2n) is 7.88. The summed E-state index contributed by atoms with van der Waals surface area (Å²) < 4.78 is 6.04. The van der Waals surface area contributed by atoms with Gasteiger partial charge in [0.1, 0.15) is 17.2 Å². The molecule has 0 fully saturated rings. The number of phenols is 3. The second-order valence-corrected chi connectivity index (χ2v) is 7.88. The molecular weight excluding hydrogens is 400 g/mol. The van der Waals surface area contributed by atoms with Crippen LogP contribution in [0, 0.1) is 0 Å². The van der Waals surface area contributed by atoms with Crippen molar-refractivity contribution in [3.8, 4) is 28.7 Å². The molecule has 162 valence electrons. The summed E-state index contributed by atoms with van der Waals surface area (Å²) in [6, 6.07) is 28.4. The number of ether oxygens (including phenoxy) is 1. The monoisotopic (exact) mass is 426 g/mol. The molecule has 0 unspecified atom stereocenters. The number of hydrogen-bond donors (Lipinski definition) is 3. The van der Waals surface area contributed by atoms with Crippen LogP contribution in [0.4, 0.5) is 0 Å². The first-order chi connectivity index (χ1) is 15.5. The maximum Gasteiger partial charge on any atom is 0.157 e. The van der Waals surface area contributed by atoms with Gasteiger partial charge in [-0.3, -0.25) is 0 Å². The number of phenolic OH excluding ortho intramolecular Hbond substituents is 3. The molecule has 0 aliphatic rings. The Morgan fingerprint density at radius 2 is 1.03 bits per heavy atom. The maximum absolute atomic E-state index is 9.62. The normalized spacial score (nSPS) is 10.8. The van der Waals surface area contributed by atoms with E-state index in [1.54, 1.807) is 18.2 Å². The summed E-state index contributed by atoms with van der Waals surface area (Å²) in [6.45, 7) is 0. The highest BCUT2D eigenvalue weighted by Crippen LogP contribution is 2.26. The molecule has 4 heteroatoms. The highest BCUT2D eigenvalue weighted by atomic mass is 16.5. The minimum Gasteiger partial charge on any atom is -0.508 e. The van der Waals surface area contributed by atoms with Crippen molar-refractivity contribution in [1.29, 1.82) is 0 Å². The number of benzene rings is 4. The van der Waals surface area contributed by atoms with Crippen LogP contribution in [-0.2, 0) is 25.7 Å². The van der Waals surface area contributed by atoms with Crippen molar-refractivity contribution < 1.29 is 20.1 Å². The topological polar surface area (TPSA) is 69.9 Å². The van der Waals surface area contributed by atoms with E-state index in [1.807, 2.05) is 54.6 Å². The molecule has 0 aliphatic carbocycles. The highest BCUT2D eigenvalue weighted by molar-refractivity contribution is 5.41. The fourth-order valence-corrected chi connectivity index (χ4v) is 3.59. The third-order valence-corrected chi connectivity index (χ3v) is 5.44. The van der Waals surface area contributed by atoms with Crippen molar-refractivity contribution in [3.05, 3.63) is 113 Å². The molecule has 4 rings (SSSR count). The Bertz CT molecular complexity index is 1160. The molecule has 0 spiro atoms. The Morgan fingerprint density at radius 1 is 0.469 bits per heavy atom. The minimum atomic E-state index is -0.0975. The van der Waals surface area contributed by atoms with Gasteiger partial charge in [0, 0.05) is 0 Å². The van der Waals surface area contributed by atoms with E-state index in [-0.39, 0.29) is 17.2 Å². The molecule has 0 aliphatic heterocycles. The molecular formula is C28H26O4. The molecule has 0 atom stereocenters. The van der Waals surface area contributed by atoms with Crippen molar-refractivity contribution in [2.45, 2.75) is 25.7 Å². The summed E-state index contributed by atoms with van der Waals surface area (Å²) >= 11 is 0. The summed E-state index contributed by atoms with van der Waals surface area (Å²) in [4.78, 5) is 0. The predicted molar refractivity (Wildman–Crippen MR) is 126 cm³/mol. The molecule has 0 aromatic heterocycles. The lowest BCUT2D eigenvalue weighted by Crippen LogP contribution is -1.93. The molecule has 4 aromatic rings. The molecule has 0 heterocycles. The van der Waals surface area contributed by atoms with Crippen LogP contribution in [0.25, 0.3) is 0 Å². The zero-order valence-electron chi connectivity index (χ0n) is 17.7. The fraction of sp³-hybridized carbons (Fsp3) is 0.143.